The summed E-state index contributed by atoms with van der Waals surface area (Å²) in [6.45, 7) is 3.36. The van der Waals surface area contributed by atoms with E-state index in [0.29, 0.717) is 24.1 Å². The van der Waals surface area contributed by atoms with E-state index in [9.17, 15) is 13.6 Å². The molecule has 0 atom stereocenters. The van der Waals surface area contributed by atoms with Crippen molar-refractivity contribution in [1.82, 2.24) is 4.98 Å². The first-order valence-electron chi connectivity index (χ1n) is 6.84. The number of pyridine rings is 1. The minimum absolute atomic E-state index is 0.0187. The molecule has 0 aliphatic heterocycles. The smallest absolute Gasteiger partial charge is 0.311 e. The second-order valence-electron chi connectivity index (χ2n) is 4.94. The Balaban J connectivity index is 2.47. The number of benzene rings is 1. The number of carbonyl (C=O) groups excluding carboxylic acids is 1. The minimum atomic E-state index is -1.07. The third-order valence-electron chi connectivity index (χ3n) is 3.39. The fourth-order valence-corrected chi connectivity index (χ4v) is 2.09. The Labute approximate surface area is 127 Å². The van der Waals surface area contributed by atoms with Crippen LogP contribution in [0, 0.1) is 37.8 Å². The molecule has 2 aromatic rings. The van der Waals surface area contributed by atoms with Crippen LogP contribution in [0.1, 0.15) is 30.5 Å². The Hall–Kier alpha value is -2.48. The Morgan fingerprint density at radius 3 is 2.77 bits per heavy atom. The van der Waals surface area contributed by atoms with Gasteiger partial charge < -0.3 is 4.74 Å². The number of halogens is 2. The van der Waals surface area contributed by atoms with Gasteiger partial charge in [-0.3, -0.25) is 9.78 Å². The summed E-state index contributed by atoms with van der Waals surface area (Å²) >= 11 is 0. The molecular formula is C17H15F2NO2. The van der Waals surface area contributed by atoms with Gasteiger partial charge in [-0.05, 0) is 32.4 Å². The summed E-state index contributed by atoms with van der Waals surface area (Å²) in [4.78, 5) is 16.1. The highest BCUT2D eigenvalue weighted by molar-refractivity contribution is 5.90. The number of aryl methyl sites for hydroxylation is 1. The molecule has 0 N–H and O–H groups in total. The molecule has 5 heteroatoms. The minimum Gasteiger partial charge on any atom is -0.425 e. The molecule has 0 saturated carbocycles. The maximum Gasteiger partial charge on any atom is 0.311 e. The Bertz CT molecular complexity index is 779. The molecule has 0 radical (unpaired) electrons. The fraction of sp³-hybridized carbons (Fsp3) is 0.294. The lowest BCUT2D eigenvalue weighted by atomic mass is 10.1. The van der Waals surface area contributed by atoms with Gasteiger partial charge in [0.15, 0.2) is 11.6 Å². The van der Waals surface area contributed by atoms with Crippen molar-refractivity contribution < 1.29 is 18.3 Å². The van der Waals surface area contributed by atoms with Gasteiger partial charge >= 0.3 is 5.97 Å². The molecule has 1 aromatic heterocycles. The molecule has 22 heavy (non-hydrogen) atoms. The normalized spacial score (nSPS) is 10.5. The molecule has 0 aliphatic carbocycles. The first-order valence-corrected chi connectivity index (χ1v) is 6.84. The molecule has 0 spiro atoms. The standard InChI is InChI=1S/C17H15F2NO2/c1-4-5-6-7-14(21)22-17-10(2)11(3)20-13-9-8-12(18)16(19)15(13)17/h1,8-9H,5-7H2,2-3H3. The average molecular weight is 303 g/mol. The van der Waals surface area contributed by atoms with Gasteiger partial charge in [-0.2, -0.15) is 0 Å². The number of ether oxygens (including phenoxy) is 1. The van der Waals surface area contributed by atoms with Gasteiger partial charge in [0.1, 0.15) is 5.75 Å². The highest BCUT2D eigenvalue weighted by Crippen LogP contribution is 2.33. The zero-order chi connectivity index (χ0) is 16.3. The average Bonchev–Trinajstić information content (AvgIpc) is 2.48. The Morgan fingerprint density at radius 2 is 2.09 bits per heavy atom. The first kappa shape index (κ1) is 15.9. The summed E-state index contributed by atoms with van der Waals surface area (Å²) in [5.41, 5.74) is 1.33. The van der Waals surface area contributed by atoms with Crippen molar-refractivity contribution in [2.45, 2.75) is 33.1 Å². The molecule has 0 fully saturated rings. The monoisotopic (exact) mass is 303 g/mol. The van der Waals surface area contributed by atoms with Crippen LogP contribution in [0.4, 0.5) is 8.78 Å². The molecule has 114 valence electrons. The number of terminal acetylenes is 1. The molecule has 0 aliphatic rings. The number of nitrogens with zero attached hydrogens (tertiary/aromatic N) is 1. The van der Waals surface area contributed by atoms with Crippen LogP contribution < -0.4 is 4.74 Å². The van der Waals surface area contributed by atoms with Crippen molar-refractivity contribution in [1.29, 1.82) is 0 Å². The third kappa shape index (κ3) is 3.06. The quantitative estimate of drug-likeness (QED) is 0.489. The van der Waals surface area contributed by atoms with Crippen LogP contribution in [-0.2, 0) is 4.79 Å². The zero-order valence-electron chi connectivity index (χ0n) is 12.4. The third-order valence-corrected chi connectivity index (χ3v) is 3.39. The van der Waals surface area contributed by atoms with Crippen LogP contribution in [0.2, 0.25) is 0 Å². The summed E-state index contributed by atoms with van der Waals surface area (Å²) in [7, 11) is 0. The van der Waals surface area contributed by atoms with E-state index in [1.807, 2.05) is 0 Å². The zero-order valence-corrected chi connectivity index (χ0v) is 12.4. The predicted octanol–water partition coefficient (Wildman–Crippen LogP) is 3.84. The number of aromatic nitrogens is 1. The molecule has 3 nitrogen and oxygen atoms in total. The van der Waals surface area contributed by atoms with Gasteiger partial charge in [-0.15, -0.1) is 12.3 Å². The van der Waals surface area contributed by atoms with Crippen molar-refractivity contribution in [3.63, 3.8) is 0 Å². The number of rotatable bonds is 4. The van der Waals surface area contributed by atoms with Crippen LogP contribution in [0.25, 0.3) is 10.9 Å². The molecular weight excluding hydrogens is 288 g/mol. The van der Waals surface area contributed by atoms with Crippen LogP contribution >= 0.6 is 0 Å². The van der Waals surface area contributed by atoms with Crippen molar-refractivity contribution in [3.05, 3.63) is 35.0 Å². The van der Waals surface area contributed by atoms with E-state index in [1.165, 1.54) is 6.07 Å². The van der Waals surface area contributed by atoms with E-state index in [2.05, 4.69) is 10.9 Å². The number of fused-ring (bicyclic) bond motifs is 1. The van der Waals surface area contributed by atoms with Gasteiger partial charge in [0.25, 0.3) is 0 Å². The van der Waals surface area contributed by atoms with Crippen molar-refractivity contribution in [2.75, 3.05) is 0 Å². The number of unbranched alkanes of at least 4 members (excludes halogenated alkanes) is 1. The summed E-state index contributed by atoms with van der Waals surface area (Å²) in [6, 6.07) is 2.35. The van der Waals surface area contributed by atoms with Crippen LogP contribution in [-0.4, -0.2) is 11.0 Å². The van der Waals surface area contributed by atoms with Gasteiger partial charge in [-0.25, -0.2) is 8.78 Å². The van der Waals surface area contributed by atoms with Crippen LogP contribution in [0.5, 0.6) is 5.75 Å². The number of esters is 1. The highest BCUT2D eigenvalue weighted by atomic mass is 19.2. The summed E-state index contributed by atoms with van der Waals surface area (Å²) in [5, 5.41) is -0.117. The largest absolute Gasteiger partial charge is 0.425 e. The molecule has 0 bridgehead atoms. The maximum absolute atomic E-state index is 14.1. The van der Waals surface area contributed by atoms with E-state index in [0.717, 1.165) is 6.07 Å². The van der Waals surface area contributed by atoms with Crippen LogP contribution in [0.15, 0.2) is 12.1 Å². The lowest BCUT2D eigenvalue weighted by Crippen LogP contribution is -2.10. The lowest BCUT2D eigenvalue weighted by molar-refractivity contribution is -0.134. The predicted molar refractivity (Wildman–Crippen MR) is 79.5 cm³/mol. The van der Waals surface area contributed by atoms with Gasteiger partial charge in [-0.1, -0.05) is 0 Å². The topological polar surface area (TPSA) is 39.2 Å². The van der Waals surface area contributed by atoms with Gasteiger partial charge in [0.2, 0.25) is 0 Å². The maximum atomic E-state index is 14.1. The molecule has 0 unspecified atom stereocenters. The molecule has 0 amide bonds. The van der Waals surface area contributed by atoms with Gasteiger partial charge in [0.05, 0.1) is 10.9 Å². The van der Waals surface area contributed by atoms with Gasteiger partial charge in [0, 0.05) is 24.1 Å². The second-order valence-corrected chi connectivity index (χ2v) is 4.94. The SMILES string of the molecule is C#CCCCC(=O)Oc1c(C)c(C)nc2ccc(F)c(F)c12. The Morgan fingerprint density at radius 1 is 1.36 bits per heavy atom. The summed E-state index contributed by atoms with van der Waals surface area (Å²) < 4.78 is 32.8. The van der Waals surface area contributed by atoms with Crippen LogP contribution in [0.3, 0.4) is 0 Å². The number of carbonyl (C=O) groups is 1. The fourth-order valence-electron chi connectivity index (χ4n) is 2.09. The van der Waals surface area contributed by atoms with E-state index in [1.54, 1.807) is 13.8 Å². The molecule has 0 saturated heterocycles. The van der Waals surface area contributed by atoms with E-state index in [-0.39, 0.29) is 23.1 Å². The van der Waals surface area contributed by atoms with Crippen molar-refractivity contribution in [2.24, 2.45) is 0 Å². The highest BCUT2D eigenvalue weighted by Gasteiger charge is 2.19. The number of hydrogen-bond donors (Lipinski definition) is 0. The second kappa shape index (κ2) is 6.52. The summed E-state index contributed by atoms with van der Waals surface area (Å²) in [5.74, 6) is -0.170. The van der Waals surface area contributed by atoms with E-state index < -0.39 is 17.6 Å². The number of hydrogen-bond acceptors (Lipinski definition) is 3. The Kier molecular flexibility index (Phi) is 4.71. The van der Waals surface area contributed by atoms with Crippen molar-refractivity contribution in [3.8, 4) is 18.1 Å². The molecule has 1 heterocycles. The molecule has 1 aromatic carbocycles. The van der Waals surface area contributed by atoms with E-state index >= 15 is 0 Å². The summed E-state index contributed by atoms with van der Waals surface area (Å²) in [6.07, 6.45) is 6.17. The first-order chi connectivity index (χ1) is 10.5. The molecule has 2 rings (SSSR count). The van der Waals surface area contributed by atoms with Crippen molar-refractivity contribution >= 4 is 16.9 Å². The van der Waals surface area contributed by atoms with E-state index in [4.69, 9.17) is 11.2 Å². The lowest BCUT2D eigenvalue weighted by Gasteiger charge is -2.13.